The molecule has 10 nitrogen and oxygen atoms in total. The van der Waals surface area contributed by atoms with Crippen LogP contribution in [0, 0.1) is 5.82 Å². The second-order valence-corrected chi connectivity index (χ2v) is 9.06. The number of carbonyl (C=O) groups excluding carboxylic acids is 2. The first-order valence-corrected chi connectivity index (χ1v) is 12.3. The summed E-state index contributed by atoms with van der Waals surface area (Å²) in [4.78, 5) is 34.4. The second kappa shape index (κ2) is 11.1. The fourth-order valence-corrected chi connectivity index (χ4v) is 4.58. The monoisotopic (exact) mass is 564 g/mol. The number of amides is 2. The van der Waals surface area contributed by atoms with Crippen molar-refractivity contribution >= 4 is 17.6 Å². The first-order chi connectivity index (χ1) is 19.1. The SMILES string of the molecule is O=C1c2c(nc(Oc3cccc(OC(F)(F)F)c3)n2Cc2ccc(F)cc2)N2CCOCC2C(=O)N1CCCO. The molecule has 2 aliphatic rings. The van der Waals surface area contributed by atoms with Crippen LogP contribution in [-0.2, 0) is 16.1 Å². The minimum atomic E-state index is -4.92. The topological polar surface area (TPSA) is 106 Å². The van der Waals surface area contributed by atoms with E-state index in [2.05, 4.69) is 9.72 Å². The lowest BCUT2D eigenvalue weighted by molar-refractivity contribution is -0.274. The van der Waals surface area contributed by atoms with Gasteiger partial charge in [0.2, 0.25) is 0 Å². The molecule has 2 aromatic carbocycles. The number of morpholine rings is 1. The Morgan fingerprint density at radius 3 is 2.58 bits per heavy atom. The Kier molecular flexibility index (Phi) is 7.63. The van der Waals surface area contributed by atoms with E-state index < -0.39 is 35.8 Å². The summed E-state index contributed by atoms with van der Waals surface area (Å²) in [6, 6.07) is 9.26. The number of hydrogen-bond donors (Lipinski definition) is 1. The first kappa shape index (κ1) is 27.4. The molecule has 1 aromatic heterocycles. The van der Waals surface area contributed by atoms with Gasteiger partial charge in [0, 0.05) is 25.8 Å². The number of benzene rings is 2. The Morgan fingerprint density at radius 1 is 1.10 bits per heavy atom. The Bertz CT molecular complexity index is 1390. The molecule has 3 heterocycles. The number of halogens is 4. The van der Waals surface area contributed by atoms with Crippen LogP contribution >= 0.6 is 0 Å². The molecule has 212 valence electrons. The summed E-state index contributed by atoms with van der Waals surface area (Å²) < 4.78 is 68.7. The van der Waals surface area contributed by atoms with E-state index in [0.717, 1.165) is 17.0 Å². The predicted octanol–water partition coefficient (Wildman–Crippen LogP) is 3.33. The van der Waals surface area contributed by atoms with E-state index in [1.54, 1.807) is 4.90 Å². The zero-order valence-electron chi connectivity index (χ0n) is 20.9. The van der Waals surface area contributed by atoms with Crippen molar-refractivity contribution < 1.29 is 46.5 Å². The van der Waals surface area contributed by atoms with Gasteiger partial charge in [-0.25, -0.2) is 4.39 Å². The minimum Gasteiger partial charge on any atom is -0.425 e. The number of nitrogens with zero attached hydrogens (tertiary/aromatic N) is 4. The van der Waals surface area contributed by atoms with E-state index in [-0.39, 0.29) is 69.1 Å². The van der Waals surface area contributed by atoms with Gasteiger partial charge in [0.1, 0.15) is 23.4 Å². The highest BCUT2D eigenvalue weighted by Gasteiger charge is 2.44. The quantitative estimate of drug-likeness (QED) is 0.328. The van der Waals surface area contributed by atoms with Crippen LogP contribution in [0.15, 0.2) is 48.5 Å². The van der Waals surface area contributed by atoms with Gasteiger partial charge >= 0.3 is 12.4 Å². The number of aliphatic hydroxyl groups excluding tert-OH is 1. The van der Waals surface area contributed by atoms with Gasteiger partial charge in [-0.2, -0.15) is 4.98 Å². The molecule has 1 atom stereocenters. The molecule has 5 rings (SSSR count). The summed E-state index contributed by atoms with van der Waals surface area (Å²) in [7, 11) is 0. The third-order valence-corrected chi connectivity index (χ3v) is 6.36. The number of ether oxygens (including phenoxy) is 3. The van der Waals surface area contributed by atoms with Gasteiger partial charge in [-0.05, 0) is 36.2 Å². The highest BCUT2D eigenvalue weighted by Crippen LogP contribution is 2.36. The minimum absolute atomic E-state index is 0.000975. The fourth-order valence-electron chi connectivity index (χ4n) is 4.58. The molecule has 0 spiro atoms. The van der Waals surface area contributed by atoms with Crippen LogP contribution in [-0.4, -0.2) is 76.7 Å². The molecule has 2 amide bonds. The Hall–Kier alpha value is -4.17. The summed E-state index contributed by atoms with van der Waals surface area (Å²) in [5.41, 5.74) is 0.558. The first-order valence-electron chi connectivity index (χ1n) is 12.3. The van der Waals surface area contributed by atoms with Crippen LogP contribution in [0.25, 0.3) is 0 Å². The van der Waals surface area contributed by atoms with Crippen LogP contribution in [0.4, 0.5) is 23.4 Å². The summed E-state index contributed by atoms with van der Waals surface area (Å²) in [5, 5.41) is 9.37. The van der Waals surface area contributed by atoms with E-state index in [1.807, 2.05) is 0 Å². The standard InChI is InChI=1S/C26H24F4N4O6/c27-17-7-5-16(6-8-17)14-34-21-22(31-25(34)39-18-3-1-4-19(13-18)40-26(28,29)30)32-10-12-38-15-20(32)23(36)33(24(21)37)9-2-11-35/h1,3-8,13,20,35H,2,9-12,14-15H2. The maximum atomic E-state index is 13.9. The second-order valence-electron chi connectivity index (χ2n) is 9.06. The molecule has 0 saturated carbocycles. The summed E-state index contributed by atoms with van der Waals surface area (Å²) >= 11 is 0. The van der Waals surface area contributed by atoms with E-state index in [9.17, 15) is 32.3 Å². The van der Waals surface area contributed by atoms with Gasteiger partial charge in [-0.1, -0.05) is 18.2 Å². The van der Waals surface area contributed by atoms with Crippen LogP contribution < -0.4 is 14.4 Å². The third kappa shape index (κ3) is 5.72. The number of aliphatic hydroxyl groups is 1. The number of alkyl halides is 3. The number of hydrogen-bond acceptors (Lipinski definition) is 8. The van der Waals surface area contributed by atoms with Gasteiger partial charge in [-0.3, -0.25) is 19.1 Å². The number of imidazole rings is 1. The third-order valence-electron chi connectivity index (χ3n) is 6.36. The molecule has 14 heteroatoms. The highest BCUT2D eigenvalue weighted by molar-refractivity contribution is 6.11. The molecule has 2 aliphatic heterocycles. The van der Waals surface area contributed by atoms with Crippen LogP contribution in [0.5, 0.6) is 17.5 Å². The lowest BCUT2D eigenvalue weighted by Crippen LogP contribution is -2.54. The van der Waals surface area contributed by atoms with Crippen LogP contribution in [0.1, 0.15) is 22.5 Å². The normalized spacial score (nSPS) is 17.4. The number of rotatable bonds is 8. The summed E-state index contributed by atoms with van der Waals surface area (Å²) in [6.07, 6.45) is -4.78. The zero-order valence-corrected chi connectivity index (χ0v) is 20.9. The molecule has 40 heavy (non-hydrogen) atoms. The molecular formula is C26H24F4N4O6. The van der Waals surface area contributed by atoms with Crippen LogP contribution in [0.2, 0.25) is 0 Å². The lowest BCUT2D eigenvalue weighted by atomic mass is 10.2. The number of aromatic nitrogens is 2. The number of imide groups is 1. The van der Waals surface area contributed by atoms with Crippen molar-refractivity contribution in [3.8, 4) is 17.5 Å². The fraction of sp³-hybridized carbons (Fsp3) is 0.346. The van der Waals surface area contributed by atoms with Crippen molar-refractivity contribution in [1.29, 1.82) is 0 Å². The van der Waals surface area contributed by atoms with E-state index in [1.165, 1.54) is 41.0 Å². The van der Waals surface area contributed by atoms with E-state index in [4.69, 9.17) is 9.47 Å². The van der Waals surface area contributed by atoms with Gasteiger partial charge in [-0.15, -0.1) is 13.2 Å². The van der Waals surface area contributed by atoms with Crippen molar-refractivity contribution in [2.24, 2.45) is 0 Å². The van der Waals surface area contributed by atoms with Gasteiger partial charge in [0.25, 0.3) is 11.8 Å². The van der Waals surface area contributed by atoms with Gasteiger partial charge in [0.15, 0.2) is 11.5 Å². The molecule has 0 radical (unpaired) electrons. The molecule has 1 N–H and O–H groups in total. The van der Waals surface area contributed by atoms with Crippen molar-refractivity contribution in [3.63, 3.8) is 0 Å². The van der Waals surface area contributed by atoms with Crippen LogP contribution in [0.3, 0.4) is 0 Å². The van der Waals surface area contributed by atoms with E-state index >= 15 is 0 Å². The lowest BCUT2D eigenvalue weighted by Gasteiger charge is -2.34. The van der Waals surface area contributed by atoms with Crippen molar-refractivity contribution in [2.75, 3.05) is 37.8 Å². The highest BCUT2D eigenvalue weighted by atomic mass is 19.4. The average Bonchev–Trinajstić information content (AvgIpc) is 3.22. The maximum Gasteiger partial charge on any atom is 0.573 e. The molecular weight excluding hydrogens is 540 g/mol. The molecule has 0 aliphatic carbocycles. The molecule has 1 fully saturated rings. The molecule has 1 unspecified atom stereocenters. The van der Waals surface area contributed by atoms with Gasteiger partial charge in [0.05, 0.1) is 19.8 Å². The largest absolute Gasteiger partial charge is 0.573 e. The number of anilines is 1. The maximum absolute atomic E-state index is 13.9. The molecule has 1 saturated heterocycles. The van der Waals surface area contributed by atoms with Crippen molar-refractivity contribution in [1.82, 2.24) is 14.5 Å². The molecule has 0 bridgehead atoms. The molecule has 3 aromatic rings. The number of carbonyl (C=O) groups is 2. The Labute approximate surface area is 225 Å². The summed E-state index contributed by atoms with van der Waals surface area (Å²) in [6.45, 7) is 0.123. The van der Waals surface area contributed by atoms with Crippen molar-refractivity contribution in [2.45, 2.75) is 25.4 Å². The average molecular weight is 564 g/mol. The Morgan fingerprint density at radius 2 is 1.85 bits per heavy atom. The van der Waals surface area contributed by atoms with Gasteiger partial charge < -0.3 is 24.2 Å². The van der Waals surface area contributed by atoms with Crippen molar-refractivity contribution in [3.05, 3.63) is 65.6 Å². The smallest absolute Gasteiger partial charge is 0.425 e. The zero-order chi connectivity index (χ0) is 28.4. The summed E-state index contributed by atoms with van der Waals surface area (Å²) in [5.74, 6) is -2.11. The number of fused-ring (bicyclic) bond motifs is 3. The Balaban J connectivity index is 1.62. The van der Waals surface area contributed by atoms with E-state index in [0.29, 0.717) is 5.56 Å². The predicted molar refractivity (Wildman–Crippen MR) is 131 cm³/mol.